The molecule has 0 unspecified atom stereocenters. The Hall–Kier alpha value is -2.17. The Morgan fingerprint density at radius 1 is 1.37 bits per heavy atom. The Kier molecular flexibility index (Phi) is 3.94. The summed E-state index contributed by atoms with van der Waals surface area (Å²) in [4.78, 5) is 15.8. The maximum atomic E-state index is 11.8. The fraction of sp³-hybridized carbons (Fsp3) is 0.357. The molecule has 0 aromatic carbocycles. The summed E-state index contributed by atoms with van der Waals surface area (Å²) in [6.07, 6.45) is 2.40. The molecule has 2 heterocycles. The lowest BCUT2D eigenvalue weighted by molar-refractivity contribution is 0.0949. The van der Waals surface area contributed by atoms with Gasteiger partial charge in [0.2, 0.25) is 0 Å². The van der Waals surface area contributed by atoms with Crippen LogP contribution in [0.15, 0.2) is 24.4 Å². The molecule has 0 radical (unpaired) electrons. The highest BCUT2D eigenvalue weighted by molar-refractivity contribution is 5.92. The Morgan fingerprint density at radius 2 is 2.16 bits per heavy atom. The maximum absolute atomic E-state index is 11.8. The van der Waals surface area contributed by atoms with E-state index < -0.39 is 0 Å². The number of hydrogen-bond acceptors (Lipinski definition) is 3. The first kappa shape index (κ1) is 13.3. The number of pyridine rings is 1. The fourth-order valence-electron chi connectivity index (χ4n) is 2.07. The molecule has 100 valence electrons. The van der Waals surface area contributed by atoms with Gasteiger partial charge in [0.1, 0.15) is 5.69 Å². The van der Waals surface area contributed by atoms with Crippen LogP contribution in [0.25, 0.3) is 0 Å². The molecule has 2 aromatic rings. The summed E-state index contributed by atoms with van der Waals surface area (Å²) in [5, 5.41) is 7.23. The van der Waals surface area contributed by atoms with Crippen LogP contribution in [-0.4, -0.2) is 27.2 Å². The molecule has 0 spiro atoms. The molecule has 0 aliphatic carbocycles. The van der Waals surface area contributed by atoms with Crippen molar-refractivity contribution in [3.8, 4) is 0 Å². The molecule has 0 saturated heterocycles. The normalized spacial score (nSPS) is 10.5. The highest BCUT2D eigenvalue weighted by Gasteiger charge is 2.10. The van der Waals surface area contributed by atoms with E-state index in [-0.39, 0.29) is 5.91 Å². The summed E-state index contributed by atoms with van der Waals surface area (Å²) >= 11 is 0. The molecule has 0 aliphatic heterocycles. The van der Waals surface area contributed by atoms with Gasteiger partial charge in [0.25, 0.3) is 5.91 Å². The van der Waals surface area contributed by atoms with E-state index in [2.05, 4.69) is 15.4 Å². The zero-order chi connectivity index (χ0) is 13.8. The van der Waals surface area contributed by atoms with Crippen molar-refractivity contribution in [2.75, 3.05) is 6.54 Å². The second-order valence-corrected chi connectivity index (χ2v) is 4.49. The first-order chi connectivity index (χ1) is 9.09. The van der Waals surface area contributed by atoms with Crippen LogP contribution in [0.5, 0.6) is 0 Å². The van der Waals surface area contributed by atoms with Gasteiger partial charge in [0.15, 0.2) is 0 Å². The molecule has 0 fully saturated rings. The van der Waals surface area contributed by atoms with Crippen LogP contribution < -0.4 is 5.32 Å². The highest BCUT2D eigenvalue weighted by atomic mass is 16.1. The first-order valence-corrected chi connectivity index (χ1v) is 6.28. The summed E-state index contributed by atoms with van der Waals surface area (Å²) < 4.78 is 1.87. The van der Waals surface area contributed by atoms with Crippen LogP contribution in [0.3, 0.4) is 0 Å². The van der Waals surface area contributed by atoms with E-state index in [1.165, 1.54) is 5.56 Å². The van der Waals surface area contributed by atoms with Crippen LogP contribution in [0.2, 0.25) is 0 Å². The summed E-state index contributed by atoms with van der Waals surface area (Å²) in [6.45, 7) is 4.61. The molecule has 19 heavy (non-hydrogen) atoms. The standard InChI is InChI=1S/C14H18N4O/c1-10-12(11(2)18(3)17-10)7-9-16-14(19)13-6-4-5-8-15-13/h4-6,8H,7,9H2,1-3H3,(H,16,19). The van der Waals surface area contributed by atoms with E-state index in [0.717, 1.165) is 17.8 Å². The quantitative estimate of drug-likeness (QED) is 0.902. The lowest BCUT2D eigenvalue weighted by atomic mass is 10.1. The van der Waals surface area contributed by atoms with Gasteiger partial charge in [0, 0.05) is 25.5 Å². The predicted molar refractivity (Wildman–Crippen MR) is 73.0 cm³/mol. The lowest BCUT2D eigenvalue weighted by Gasteiger charge is -2.05. The molecule has 2 rings (SSSR count). The van der Waals surface area contributed by atoms with E-state index in [9.17, 15) is 4.79 Å². The second kappa shape index (κ2) is 5.65. The molecule has 0 saturated carbocycles. The number of nitrogens with one attached hydrogen (secondary N) is 1. The van der Waals surface area contributed by atoms with Crippen molar-refractivity contribution in [1.29, 1.82) is 0 Å². The van der Waals surface area contributed by atoms with Crippen molar-refractivity contribution in [1.82, 2.24) is 20.1 Å². The molecule has 1 amide bonds. The van der Waals surface area contributed by atoms with Crippen molar-refractivity contribution in [3.63, 3.8) is 0 Å². The van der Waals surface area contributed by atoms with Gasteiger partial charge in [-0.15, -0.1) is 0 Å². The van der Waals surface area contributed by atoms with E-state index in [0.29, 0.717) is 12.2 Å². The van der Waals surface area contributed by atoms with Crippen molar-refractivity contribution in [3.05, 3.63) is 47.0 Å². The molecule has 0 atom stereocenters. The minimum atomic E-state index is -0.139. The van der Waals surface area contributed by atoms with Crippen LogP contribution in [-0.2, 0) is 13.5 Å². The highest BCUT2D eigenvalue weighted by Crippen LogP contribution is 2.11. The van der Waals surface area contributed by atoms with Crippen molar-refractivity contribution >= 4 is 5.91 Å². The minimum Gasteiger partial charge on any atom is -0.350 e. The molecule has 5 heteroatoms. The van der Waals surface area contributed by atoms with Gasteiger partial charge in [-0.25, -0.2) is 0 Å². The molecule has 5 nitrogen and oxygen atoms in total. The third kappa shape index (κ3) is 2.99. The Labute approximate surface area is 112 Å². The number of carbonyl (C=O) groups is 1. The molecular formula is C14H18N4O. The number of rotatable bonds is 4. The zero-order valence-electron chi connectivity index (χ0n) is 11.5. The van der Waals surface area contributed by atoms with E-state index >= 15 is 0 Å². The summed E-state index contributed by atoms with van der Waals surface area (Å²) in [6, 6.07) is 5.30. The number of hydrogen-bond donors (Lipinski definition) is 1. The first-order valence-electron chi connectivity index (χ1n) is 6.28. The summed E-state index contributed by atoms with van der Waals surface area (Å²) in [5.41, 5.74) is 3.81. The SMILES string of the molecule is Cc1nn(C)c(C)c1CCNC(=O)c1ccccn1. The average Bonchev–Trinajstić information content (AvgIpc) is 2.66. The molecule has 1 N–H and O–H groups in total. The van der Waals surface area contributed by atoms with Gasteiger partial charge in [-0.05, 0) is 38.0 Å². The van der Waals surface area contributed by atoms with Gasteiger partial charge in [-0.1, -0.05) is 6.07 Å². The van der Waals surface area contributed by atoms with E-state index in [1.54, 1.807) is 24.4 Å². The number of aryl methyl sites for hydroxylation is 2. The molecule has 2 aromatic heterocycles. The van der Waals surface area contributed by atoms with Crippen molar-refractivity contribution in [2.24, 2.45) is 7.05 Å². The summed E-state index contributed by atoms with van der Waals surface area (Å²) in [7, 11) is 1.93. The van der Waals surface area contributed by atoms with Gasteiger partial charge in [0.05, 0.1) is 5.69 Å². The summed E-state index contributed by atoms with van der Waals surface area (Å²) in [5.74, 6) is -0.139. The molecule has 0 aliphatic rings. The minimum absolute atomic E-state index is 0.139. The van der Waals surface area contributed by atoms with Crippen LogP contribution in [0, 0.1) is 13.8 Å². The van der Waals surface area contributed by atoms with Gasteiger partial charge < -0.3 is 5.32 Å². The Bertz CT molecular complexity index is 575. The Balaban J connectivity index is 1.92. The topological polar surface area (TPSA) is 59.8 Å². The van der Waals surface area contributed by atoms with E-state index in [4.69, 9.17) is 0 Å². The van der Waals surface area contributed by atoms with Gasteiger partial charge in [-0.2, -0.15) is 5.10 Å². The largest absolute Gasteiger partial charge is 0.350 e. The number of carbonyl (C=O) groups excluding carboxylic acids is 1. The number of nitrogens with zero attached hydrogens (tertiary/aromatic N) is 3. The van der Waals surface area contributed by atoms with Gasteiger partial charge in [-0.3, -0.25) is 14.5 Å². The lowest BCUT2D eigenvalue weighted by Crippen LogP contribution is -2.26. The smallest absolute Gasteiger partial charge is 0.269 e. The third-order valence-corrected chi connectivity index (χ3v) is 3.22. The number of amides is 1. The maximum Gasteiger partial charge on any atom is 0.269 e. The van der Waals surface area contributed by atoms with Crippen LogP contribution >= 0.6 is 0 Å². The third-order valence-electron chi connectivity index (χ3n) is 3.22. The van der Waals surface area contributed by atoms with Crippen LogP contribution in [0.1, 0.15) is 27.4 Å². The monoisotopic (exact) mass is 258 g/mol. The molecular weight excluding hydrogens is 240 g/mol. The zero-order valence-corrected chi connectivity index (χ0v) is 11.5. The van der Waals surface area contributed by atoms with Crippen molar-refractivity contribution < 1.29 is 4.79 Å². The second-order valence-electron chi connectivity index (χ2n) is 4.49. The number of aromatic nitrogens is 3. The fourth-order valence-corrected chi connectivity index (χ4v) is 2.07. The van der Waals surface area contributed by atoms with Crippen LogP contribution in [0.4, 0.5) is 0 Å². The van der Waals surface area contributed by atoms with Crippen molar-refractivity contribution in [2.45, 2.75) is 20.3 Å². The molecule has 0 bridgehead atoms. The Morgan fingerprint density at radius 3 is 2.74 bits per heavy atom. The predicted octanol–water partition coefficient (Wildman–Crippen LogP) is 1.40. The van der Waals surface area contributed by atoms with E-state index in [1.807, 2.05) is 25.6 Å². The average molecular weight is 258 g/mol. The van der Waals surface area contributed by atoms with Gasteiger partial charge >= 0.3 is 0 Å².